The van der Waals surface area contributed by atoms with Crippen LogP contribution in [0.4, 0.5) is 0 Å². The Bertz CT molecular complexity index is 1420. The summed E-state index contributed by atoms with van der Waals surface area (Å²) in [7, 11) is 5.60. The summed E-state index contributed by atoms with van der Waals surface area (Å²) >= 11 is 0. The number of Topliss-reactive ketones (excluding diaryl/α,β-unsaturated/α-hetero) is 1. The van der Waals surface area contributed by atoms with Crippen LogP contribution in [0.25, 0.3) is 0 Å². The van der Waals surface area contributed by atoms with Crippen molar-refractivity contribution in [2.24, 2.45) is 28.8 Å². The first-order valence-electron chi connectivity index (χ1n) is 18.9. The Hall–Kier alpha value is -2.78. The summed E-state index contributed by atoms with van der Waals surface area (Å²) in [5.41, 5.74) is -0.979. The lowest BCUT2D eigenvalue weighted by molar-refractivity contribution is -0.300. The highest BCUT2D eigenvalue weighted by atomic mass is 16.7. The van der Waals surface area contributed by atoms with Gasteiger partial charge in [-0.1, -0.05) is 51.1 Å². The largest absolute Gasteiger partial charge is 0.459 e. The summed E-state index contributed by atoms with van der Waals surface area (Å²) in [5, 5.41) is 16.7. The lowest BCUT2D eigenvalue weighted by Gasteiger charge is -2.48. The van der Waals surface area contributed by atoms with Gasteiger partial charge in [-0.3, -0.25) is 14.6 Å². The number of ketones is 1. The van der Waals surface area contributed by atoms with Crippen molar-refractivity contribution in [2.75, 3.05) is 34.4 Å². The summed E-state index contributed by atoms with van der Waals surface area (Å²) in [6, 6.07) is 5.49. The number of fused-ring (bicyclic) bond motifs is 5. The number of cyclic esters (lactones) is 1. The Morgan fingerprint density at radius 3 is 2.43 bits per heavy atom. The average Bonchev–Trinajstić information content (AvgIpc) is 3.13. The van der Waals surface area contributed by atoms with Crippen LogP contribution in [0.2, 0.25) is 0 Å². The van der Waals surface area contributed by atoms with Gasteiger partial charge in [0.2, 0.25) is 0 Å². The van der Waals surface area contributed by atoms with Crippen molar-refractivity contribution in [1.82, 2.24) is 9.88 Å². The van der Waals surface area contributed by atoms with Crippen LogP contribution in [0.1, 0.15) is 80.3 Å². The SMILES string of the molecule is C=C1[C@H](C)C[C@@]2(C)OCC(=NOCc3ccccn3)CO[C@H]([C@H]1C)[C@](C)(O)[C@@H](CC)OC(=O)C(C)C(=O)[C@H](C)[C@H]2O[C@@H]1O[C@H](C)C[C@H](N(C)C)[C@H]1OC. The highest BCUT2D eigenvalue weighted by molar-refractivity contribution is 6.00. The molecule has 0 amide bonds. The Labute approximate surface area is 315 Å². The summed E-state index contributed by atoms with van der Waals surface area (Å²) in [6.45, 7) is 19.1. The van der Waals surface area contributed by atoms with Crippen molar-refractivity contribution in [3.63, 3.8) is 0 Å². The Morgan fingerprint density at radius 2 is 1.81 bits per heavy atom. The minimum Gasteiger partial charge on any atom is -0.459 e. The molecule has 4 rings (SSSR count). The molecule has 53 heavy (non-hydrogen) atoms. The summed E-state index contributed by atoms with van der Waals surface area (Å²) < 4.78 is 38.8. The predicted octanol–water partition coefficient (Wildman–Crippen LogP) is 4.74. The molecule has 0 saturated carbocycles. The second-order valence-electron chi connectivity index (χ2n) is 15.9. The average molecular weight is 746 g/mol. The van der Waals surface area contributed by atoms with Gasteiger partial charge < -0.3 is 43.3 Å². The van der Waals surface area contributed by atoms with Crippen LogP contribution in [0.3, 0.4) is 0 Å². The molecule has 13 nitrogen and oxygen atoms in total. The van der Waals surface area contributed by atoms with Crippen LogP contribution in [-0.4, -0.2) is 121 Å². The van der Waals surface area contributed by atoms with Crippen LogP contribution in [0.5, 0.6) is 0 Å². The number of aliphatic hydroxyl groups is 1. The minimum absolute atomic E-state index is 0.0316. The van der Waals surface area contributed by atoms with Crippen molar-refractivity contribution in [2.45, 2.75) is 135 Å². The van der Waals surface area contributed by atoms with Crippen LogP contribution in [-0.2, 0) is 49.5 Å². The van der Waals surface area contributed by atoms with Gasteiger partial charge in [0.25, 0.3) is 0 Å². The maximum absolute atomic E-state index is 14.4. The molecule has 3 aliphatic heterocycles. The first kappa shape index (κ1) is 43.0. The van der Waals surface area contributed by atoms with E-state index in [1.807, 2.05) is 66.9 Å². The summed E-state index contributed by atoms with van der Waals surface area (Å²) in [6.07, 6.45) is -1.31. The second-order valence-corrected chi connectivity index (χ2v) is 15.9. The van der Waals surface area contributed by atoms with Gasteiger partial charge in [0, 0.05) is 31.2 Å². The number of ether oxygens (including phenoxy) is 6. The third-order valence-electron chi connectivity index (χ3n) is 11.5. The van der Waals surface area contributed by atoms with Gasteiger partial charge in [-0.2, -0.15) is 0 Å². The zero-order chi connectivity index (χ0) is 39.2. The quantitative estimate of drug-likeness (QED) is 0.170. The minimum atomic E-state index is -1.68. The van der Waals surface area contributed by atoms with Crippen molar-refractivity contribution in [1.29, 1.82) is 0 Å². The second kappa shape index (κ2) is 18.2. The Balaban J connectivity index is 1.88. The normalized spacial score (nSPS) is 40.3. The molecule has 0 spiro atoms. The van der Waals surface area contributed by atoms with Crippen LogP contribution in [0.15, 0.2) is 41.7 Å². The first-order chi connectivity index (χ1) is 24.9. The van der Waals surface area contributed by atoms with Gasteiger partial charge in [-0.15, -0.1) is 0 Å². The smallest absolute Gasteiger partial charge is 0.316 e. The van der Waals surface area contributed by atoms with E-state index in [1.165, 1.54) is 6.92 Å². The molecule has 1 aromatic heterocycles. The number of pyridine rings is 1. The number of carbonyl (C=O) groups excluding carboxylic acids is 2. The fourth-order valence-corrected chi connectivity index (χ4v) is 8.20. The molecule has 3 aliphatic rings. The van der Waals surface area contributed by atoms with Gasteiger partial charge in [0.15, 0.2) is 18.7 Å². The molecule has 0 aromatic carbocycles. The molecule has 3 saturated heterocycles. The van der Waals surface area contributed by atoms with Crippen LogP contribution < -0.4 is 0 Å². The topological polar surface area (TPSA) is 147 Å². The van der Waals surface area contributed by atoms with E-state index in [1.54, 1.807) is 27.2 Å². The fourth-order valence-electron chi connectivity index (χ4n) is 8.20. The van der Waals surface area contributed by atoms with Crippen LogP contribution >= 0.6 is 0 Å². The number of hydrogen-bond donors (Lipinski definition) is 1. The predicted molar refractivity (Wildman–Crippen MR) is 199 cm³/mol. The molecule has 1 N–H and O–H groups in total. The zero-order valence-corrected chi connectivity index (χ0v) is 33.6. The van der Waals surface area contributed by atoms with Gasteiger partial charge in [-0.05, 0) is 79.1 Å². The third-order valence-corrected chi connectivity index (χ3v) is 11.5. The lowest BCUT2D eigenvalue weighted by Crippen LogP contribution is -2.60. The van der Waals surface area contributed by atoms with E-state index in [0.29, 0.717) is 17.8 Å². The van der Waals surface area contributed by atoms with Gasteiger partial charge in [0.1, 0.15) is 29.4 Å². The Kier molecular flexibility index (Phi) is 14.8. The highest BCUT2D eigenvalue weighted by Crippen LogP contribution is 2.42. The molecule has 1 aromatic rings. The number of likely N-dealkylation sites (N-methyl/N-ethyl adjacent to an activating group) is 1. The third kappa shape index (κ3) is 9.91. The molecule has 0 aliphatic carbocycles. The molecular weight excluding hydrogens is 682 g/mol. The molecule has 4 heterocycles. The zero-order valence-electron chi connectivity index (χ0n) is 33.6. The lowest BCUT2D eigenvalue weighted by atomic mass is 9.73. The number of nitrogens with zero attached hydrogens (tertiary/aromatic N) is 3. The number of carbonyl (C=O) groups is 2. The molecule has 13 atom stereocenters. The van der Waals surface area contributed by atoms with Crippen molar-refractivity contribution in [3.05, 3.63) is 42.2 Å². The number of rotatable bonds is 8. The maximum atomic E-state index is 14.4. The standard InChI is InChI=1S/C40H63N3O10/c1-13-32-40(9,46)36-26(5)25(4)23(2)19-39(8,49-21-30(20-48-36)42-50-22-29-16-14-15-17-41-29)35(27(6)33(44)28(7)37(45)52-32)53-38-34(47-12)31(43(10)11)18-24(3)51-38/h14-17,23-24,26-28,31-32,34-36,38,46H,4,13,18-22H2,1-3,5-12H3/t23-,24-,26+,27+,28?,31+,32-,34-,35-,36-,38+,39-,40-/m1/s1. The number of esters is 1. The van der Waals surface area contributed by atoms with E-state index in [-0.39, 0.29) is 44.3 Å². The summed E-state index contributed by atoms with van der Waals surface area (Å²) in [4.78, 5) is 40.4. The van der Waals surface area contributed by atoms with Crippen molar-refractivity contribution >= 4 is 17.5 Å². The van der Waals surface area contributed by atoms with Gasteiger partial charge >= 0.3 is 5.97 Å². The van der Waals surface area contributed by atoms with Gasteiger partial charge in [-0.25, -0.2) is 0 Å². The number of hydrogen-bond acceptors (Lipinski definition) is 13. The first-order valence-corrected chi connectivity index (χ1v) is 18.9. The van der Waals surface area contributed by atoms with E-state index in [0.717, 1.165) is 12.0 Å². The molecule has 298 valence electrons. The number of oxime groups is 1. The monoisotopic (exact) mass is 745 g/mol. The number of methoxy groups -OCH3 is 1. The van der Waals surface area contributed by atoms with Crippen LogP contribution in [0, 0.1) is 23.7 Å². The molecule has 0 radical (unpaired) electrons. The molecule has 3 fully saturated rings. The molecular formula is C40H63N3O10. The molecule has 2 bridgehead atoms. The number of aromatic nitrogens is 1. The fraction of sp³-hybridized carbons (Fsp3) is 0.750. The maximum Gasteiger partial charge on any atom is 0.316 e. The van der Waals surface area contributed by atoms with E-state index < -0.39 is 71.4 Å². The molecule has 13 heteroatoms. The Morgan fingerprint density at radius 1 is 1.09 bits per heavy atom. The van der Waals surface area contributed by atoms with E-state index in [9.17, 15) is 14.7 Å². The van der Waals surface area contributed by atoms with E-state index in [4.69, 9.17) is 33.3 Å². The van der Waals surface area contributed by atoms with Crippen molar-refractivity contribution < 1.29 is 48.0 Å². The van der Waals surface area contributed by atoms with E-state index in [2.05, 4.69) is 21.6 Å². The van der Waals surface area contributed by atoms with Gasteiger partial charge in [0.05, 0.1) is 42.8 Å². The highest BCUT2D eigenvalue weighted by Gasteiger charge is 2.52. The van der Waals surface area contributed by atoms with Crippen molar-refractivity contribution in [3.8, 4) is 0 Å². The molecule has 1 unspecified atom stereocenters. The summed E-state index contributed by atoms with van der Waals surface area (Å²) in [5.74, 6) is -3.79. The van der Waals surface area contributed by atoms with E-state index >= 15 is 0 Å².